The first-order chi connectivity index (χ1) is 8.16. The second kappa shape index (κ2) is 5.46. The third-order valence-electron chi connectivity index (χ3n) is 2.69. The van der Waals surface area contributed by atoms with Gasteiger partial charge in [-0.05, 0) is 13.8 Å². The Morgan fingerprint density at radius 2 is 2.59 bits per heavy atom. The molecule has 0 unspecified atom stereocenters. The van der Waals surface area contributed by atoms with Crippen LogP contribution >= 0.6 is 11.3 Å². The zero-order valence-corrected chi connectivity index (χ0v) is 10.9. The van der Waals surface area contributed by atoms with Gasteiger partial charge >= 0.3 is 6.03 Å². The smallest absolute Gasteiger partial charge is 0.318 e. The minimum Gasteiger partial charge on any atom is -0.377 e. The normalized spacial score (nSPS) is 20.4. The van der Waals surface area contributed by atoms with Crippen molar-refractivity contribution in [3.05, 3.63) is 16.1 Å². The summed E-state index contributed by atoms with van der Waals surface area (Å²) in [6.45, 7) is 6.33. The van der Waals surface area contributed by atoms with Crippen LogP contribution in [0.3, 0.4) is 0 Å². The molecule has 0 saturated carbocycles. The van der Waals surface area contributed by atoms with Crippen molar-refractivity contribution in [2.45, 2.75) is 26.4 Å². The largest absolute Gasteiger partial charge is 0.377 e. The second-order valence-corrected chi connectivity index (χ2v) is 5.10. The van der Waals surface area contributed by atoms with Crippen LogP contribution in [0.15, 0.2) is 5.38 Å². The van der Waals surface area contributed by atoms with E-state index in [9.17, 15) is 4.79 Å². The van der Waals surface area contributed by atoms with Gasteiger partial charge in [-0.3, -0.25) is 0 Å². The van der Waals surface area contributed by atoms with Crippen molar-refractivity contribution in [1.82, 2.24) is 15.2 Å². The molecule has 0 radical (unpaired) electrons. The highest BCUT2D eigenvalue weighted by molar-refractivity contribution is 7.09. The van der Waals surface area contributed by atoms with E-state index in [1.165, 1.54) is 0 Å². The van der Waals surface area contributed by atoms with Gasteiger partial charge in [-0.25, -0.2) is 9.78 Å². The number of nitrogens with one attached hydrogen (secondary N) is 1. The fourth-order valence-corrected chi connectivity index (χ4v) is 2.48. The standard InChI is InChI=1S/C11H17N3O2S/c1-8-7-17-10(13-8)5-12-11(15)14-3-4-16-6-9(14)2/h7,9H,3-6H2,1-2H3,(H,12,15)/t9-/m1/s1. The molecule has 1 atom stereocenters. The lowest BCUT2D eigenvalue weighted by atomic mass is 10.3. The molecule has 5 nitrogen and oxygen atoms in total. The molecule has 94 valence electrons. The lowest BCUT2D eigenvalue weighted by Crippen LogP contribution is -2.51. The summed E-state index contributed by atoms with van der Waals surface area (Å²) in [5.41, 5.74) is 0.999. The van der Waals surface area contributed by atoms with Crippen molar-refractivity contribution >= 4 is 17.4 Å². The molecule has 1 aliphatic heterocycles. The predicted octanol–water partition coefficient (Wildman–Crippen LogP) is 1.38. The van der Waals surface area contributed by atoms with Crippen LogP contribution in [0.1, 0.15) is 17.6 Å². The molecule has 1 aromatic rings. The van der Waals surface area contributed by atoms with E-state index in [-0.39, 0.29) is 12.1 Å². The number of aromatic nitrogens is 1. The summed E-state index contributed by atoms with van der Waals surface area (Å²) in [6, 6.07) is 0.107. The van der Waals surface area contributed by atoms with E-state index in [1.54, 1.807) is 11.3 Å². The number of carbonyl (C=O) groups is 1. The van der Waals surface area contributed by atoms with Crippen LogP contribution in [-0.2, 0) is 11.3 Å². The molecule has 1 aromatic heterocycles. The first-order valence-electron chi connectivity index (χ1n) is 5.70. The lowest BCUT2D eigenvalue weighted by Gasteiger charge is -2.33. The summed E-state index contributed by atoms with van der Waals surface area (Å²) in [5.74, 6) is 0. The number of thiazole rings is 1. The predicted molar refractivity (Wildman–Crippen MR) is 66.1 cm³/mol. The van der Waals surface area contributed by atoms with Gasteiger partial charge in [0.25, 0.3) is 0 Å². The van der Waals surface area contributed by atoms with Crippen molar-refractivity contribution in [1.29, 1.82) is 0 Å². The zero-order chi connectivity index (χ0) is 12.3. The van der Waals surface area contributed by atoms with Crippen LogP contribution in [0.25, 0.3) is 0 Å². The van der Waals surface area contributed by atoms with Crippen molar-refractivity contribution in [3.63, 3.8) is 0 Å². The molecule has 2 rings (SSSR count). The maximum atomic E-state index is 11.9. The summed E-state index contributed by atoms with van der Waals surface area (Å²) >= 11 is 1.57. The molecule has 0 aromatic carbocycles. The maximum absolute atomic E-state index is 11.9. The summed E-state index contributed by atoms with van der Waals surface area (Å²) in [5, 5.41) is 5.82. The third kappa shape index (κ3) is 3.17. The Bertz CT molecular complexity index is 394. The van der Waals surface area contributed by atoms with E-state index < -0.39 is 0 Å². The van der Waals surface area contributed by atoms with Crippen LogP contribution in [0, 0.1) is 6.92 Å². The van der Waals surface area contributed by atoms with E-state index in [1.807, 2.05) is 24.1 Å². The second-order valence-electron chi connectivity index (χ2n) is 4.16. The third-order valence-corrected chi connectivity index (χ3v) is 3.65. The fraction of sp³-hybridized carbons (Fsp3) is 0.636. The van der Waals surface area contributed by atoms with Gasteiger partial charge in [0.05, 0.1) is 25.8 Å². The van der Waals surface area contributed by atoms with Gasteiger partial charge in [-0.15, -0.1) is 11.3 Å². The molecule has 17 heavy (non-hydrogen) atoms. The van der Waals surface area contributed by atoms with Gasteiger partial charge in [0, 0.05) is 17.6 Å². The monoisotopic (exact) mass is 255 g/mol. The number of aryl methyl sites for hydroxylation is 1. The summed E-state index contributed by atoms with van der Waals surface area (Å²) in [4.78, 5) is 18.0. The number of carbonyl (C=O) groups excluding carboxylic acids is 1. The molecule has 1 aliphatic rings. The van der Waals surface area contributed by atoms with E-state index in [0.29, 0.717) is 26.3 Å². The summed E-state index contributed by atoms with van der Waals surface area (Å²) in [6.07, 6.45) is 0. The van der Waals surface area contributed by atoms with Gasteiger partial charge in [-0.2, -0.15) is 0 Å². The average molecular weight is 255 g/mol. The number of hydrogen-bond donors (Lipinski definition) is 1. The quantitative estimate of drug-likeness (QED) is 0.868. The molecule has 0 bridgehead atoms. The number of rotatable bonds is 2. The van der Waals surface area contributed by atoms with Gasteiger partial charge in [0.2, 0.25) is 0 Å². The van der Waals surface area contributed by atoms with Crippen LogP contribution in [0.4, 0.5) is 4.79 Å². The highest BCUT2D eigenvalue weighted by Gasteiger charge is 2.23. The van der Waals surface area contributed by atoms with E-state index in [2.05, 4.69) is 10.3 Å². The lowest BCUT2D eigenvalue weighted by molar-refractivity contribution is 0.0190. The van der Waals surface area contributed by atoms with Crippen LogP contribution < -0.4 is 5.32 Å². The Morgan fingerprint density at radius 1 is 1.76 bits per heavy atom. The molecular weight excluding hydrogens is 238 g/mol. The number of morpholine rings is 1. The number of urea groups is 1. The Morgan fingerprint density at radius 3 is 3.24 bits per heavy atom. The molecule has 1 N–H and O–H groups in total. The van der Waals surface area contributed by atoms with E-state index in [4.69, 9.17) is 4.74 Å². The molecule has 2 amide bonds. The van der Waals surface area contributed by atoms with E-state index in [0.717, 1.165) is 10.7 Å². The molecule has 0 spiro atoms. The SMILES string of the molecule is Cc1csc(CNC(=O)N2CCOC[C@H]2C)n1. The molecule has 1 saturated heterocycles. The number of amides is 2. The minimum atomic E-state index is -0.0337. The minimum absolute atomic E-state index is 0.0337. The highest BCUT2D eigenvalue weighted by Crippen LogP contribution is 2.09. The number of nitrogens with zero attached hydrogens (tertiary/aromatic N) is 2. The van der Waals surface area contributed by atoms with Crippen LogP contribution in [-0.4, -0.2) is 41.7 Å². The number of ether oxygens (including phenoxy) is 1. The van der Waals surface area contributed by atoms with Crippen molar-refractivity contribution in [3.8, 4) is 0 Å². The van der Waals surface area contributed by atoms with Crippen LogP contribution in [0.5, 0.6) is 0 Å². The molecular formula is C11H17N3O2S. The van der Waals surface area contributed by atoms with Crippen molar-refractivity contribution < 1.29 is 9.53 Å². The number of hydrogen-bond acceptors (Lipinski definition) is 4. The van der Waals surface area contributed by atoms with Gasteiger partial charge < -0.3 is 15.0 Å². The molecule has 1 fully saturated rings. The topological polar surface area (TPSA) is 54.5 Å². The summed E-state index contributed by atoms with van der Waals surface area (Å²) < 4.78 is 5.30. The van der Waals surface area contributed by atoms with Gasteiger partial charge in [-0.1, -0.05) is 0 Å². The van der Waals surface area contributed by atoms with Crippen LogP contribution in [0.2, 0.25) is 0 Å². The van der Waals surface area contributed by atoms with E-state index >= 15 is 0 Å². The molecule has 2 heterocycles. The zero-order valence-electron chi connectivity index (χ0n) is 10.1. The molecule has 0 aliphatic carbocycles. The Kier molecular flexibility index (Phi) is 3.96. The van der Waals surface area contributed by atoms with Crippen molar-refractivity contribution in [2.75, 3.05) is 19.8 Å². The first kappa shape index (κ1) is 12.3. The highest BCUT2D eigenvalue weighted by atomic mass is 32.1. The van der Waals surface area contributed by atoms with Gasteiger partial charge in [0.1, 0.15) is 5.01 Å². The van der Waals surface area contributed by atoms with Crippen molar-refractivity contribution in [2.24, 2.45) is 0 Å². The average Bonchev–Trinajstić information content (AvgIpc) is 2.73. The Hall–Kier alpha value is -1.14. The molecule has 6 heteroatoms. The van der Waals surface area contributed by atoms with Gasteiger partial charge in [0.15, 0.2) is 0 Å². The summed E-state index contributed by atoms with van der Waals surface area (Å²) in [7, 11) is 0. The Labute approximate surface area is 105 Å². The Balaban J connectivity index is 1.84. The maximum Gasteiger partial charge on any atom is 0.318 e. The fourth-order valence-electron chi connectivity index (χ4n) is 1.77. The first-order valence-corrected chi connectivity index (χ1v) is 6.58.